The zero-order valence-corrected chi connectivity index (χ0v) is 13.7. The maximum Gasteiger partial charge on any atom is 0.308 e. The van der Waals surface area contributed by atoms with Gasteiger partial charge in [-0.15, -0.1) is 0 Å². The summed E-state index contributed by atoms with van der Waals surface area (Å²) in [7, 11) is 0. The lowest BCUT2D eigenvalue weighted by Gasteiger charge is -2.15. The number of carboxylic acid groups (broad SMARTS) is 1. The summed E-state index contributed by atoms with van der Waals surface area (Å²) in [5.74, 6) is -1.62. The number of likely N-dealkylation sites (tertiary alicyclic amines) is 1. The lowest BCUT2D eigenvalue weighted by atomic mass is 10.1. The third kappa shape index (κ3) is 3.39. The van der Waals surface area contributed by atoms with Gasteiger partial charge in [0.2, 0.25) is 0 Å². The van der Waals surface area contributed by atoms with Crippen molar-refractivity contribution in [2.24, 2.45) is 5.92 Å². The highest BCUT2D eigenvalue weighted by Gasteiger charge is 2.31. The lowest BCUT2D eigenvalue weighted by molar-refractivity contribution is -0.141. The van der Waals surface area contributed by atoms with Gasteiger partial charge in [-0.3, -0.25) is 9.59 Å². The zero-order valence-electron chi connectivity index (χ0n) is 12.1. The highest BCUT2D eigenvalue weighted by atomic mass is 79.9. The van der Waals surface area contributed by atoms with Crippen LogP contribution in [0.2, 0.25) is 0 Å². The molecule has 7 heteroatoms. The van der Waals surface area contributed by atoms with Crippen LogP contribution in [0.4, 0.5) is 0 Å². The van der Waals surface area contributed by atoms with Crippen molar-refractivity contribution < 1.29 is 14.7 Å². The Morgan fingerprint density at radius 3 is 2.78 bits per heavy atom. The Labute approximate surface area is 141 Å². The molecule has 23 heavy (non-hydrogen) atoms. The van der Waals surface area contributed by atoms with E-state index in [0.717, 1.165) is 10.0 Å². The van der Waals surface area contributed by atoms with E-state index in [1.165, 1.54) is 11.2 Å². The van der Waals surface area contributed by atoms with Crippen LogP contribution >= 0.6 is 15.9 Å². The number of benzene rings is 1. The quantitative estimate of drug-likeness (QED) is 0.890. The topological polar surface area (TPSA) is 83.4 Å². The van der Waals surface area contributed by atoms with Crippen LogP contribution < -0.4 is 0 Å². The Kier molecular flexibility index (Phi) is 4.38. The van der Waals surface area contributed by atoms with Gasteiger partial charge in [-0.1, -0.05) is 28.1 Å². The van der Waals surface area contributed by atoms with Crippen LogP contribution in [-0.4, -0.2) is 44.9 Å². The third-order valence-corrected chi connectivity index (χ3v) is 4.32. The molecule has 0 spiro atoms. The maximum atomic E-state index is 12.5. The second-order valence-corrected chi connectivity index (χ2v) is 6.29. The zero-order chi connectivity index (χ0) is 16.4. The Hall–Kier alpha value is -2.28. The van der Waals surface area contributed by atoms with Crippen LogP contribution in [0.1, 0.15) is 16.9 Å². The molecule has 1 atom stereocenters. The van der Waals surface area contributed by atoms with E-state index in [-0.39, 0.29) is 18.1 Å². The molecular formula is C16H14BrN3O3. The van der Waals surface area contributed by atoms with Gasteiger partial charge in [0.25, 0.3) is 5.91 Å². The number of hydrogen-bond acceptors (Lipinski definition) is 4. The first-order chi connectivity index (χ1) is 11.0. The number of carboxylic acids is 1. The maximum absolute atomic E-state index is 12.5. The van der Waals surface area contributed by atoms with E-state index >= 15 is 0 Å². The molecule has 118 valence electrons. The van der Waals surface area contributed by atoms with E-state index in [2.05, 4.69) is 25.9 Å². The minimum absolute atomic E-state index is 0.227. The smallest absolute Gasteiger partial charge is 0.308 e. The second-order valence-electron chi connectivity index (χ2n) is 5.37. The summed E-state index contributed by atoms with van der Waals surface area (Å²) in [6.45, 7) is 0.663. The molecule has 1 aromatic carbocycles. The number of amides is 1. The predicted molar refractivity (Wildman–Crippen MR) is 86.8 cm³/mol. The van der Waals surface area contributed by atoms with E-state index < -0.39 is 11.9 Å². The molecule has 0 bridgehead atoms. The van der Waals surface area contributed by atoms with Crippen molar-refractivity contribution in [2.45, 2.75) is 6.42 Å². The minimum Gasteiger partial charge on any atom is -0.481 e. The van der Waals surface area contributed by atoms with E-state index in [9.17, 15) is 9.59 Å². The summed E-state index contributed by atoms with van der Waals surface area (Å²) in [5, 5.41) is 9.03. The van der Waals surface area contributed by atoms with Crippen molar-refractivity contribution in [3.8, 4) is 11.3 Å². The summed E-state index contributed by atoms with van der Waals surface area (Å²) in [6.07, 6.45) is 1.83. The summed E-state index contributed by atoms with van der Waals surface area (Å²) in [4.78, 5) is 33.3. The summed E-state index contributed by atoms with van der Waals surface area (Å²) < 4.78 is 0.922. The standard InChI is InChI=1S/C16H14BrN3O3/c17-12-3-1-2-10(6-12)13-7-14(19-9-18-13)15(21)20-5-4-11(8-20)16(22)23/h1-3,6-7,9,11H,4-5,8H2,(H,22,23). The van der Waals surface area contributed by atoms with Crippen molar-refractivity contribution in [3.63, 3.8) is 0 Å². The largest absolute Gasteiger partial charge is 0.481 e. The molecule has 1 aliphatic rings. The Morgan fingerprint density at radius 2 is 2.09 bits per heavy atom. The third-order valence-electron chi connectivity index (χ3n) is 3.83. The van der Waals surface area contributed by atoms with Gasteiger partial charge >= 0.3 is 5.97 Å². The summed E-state index contributed by atoms with van der Waals surface area (Å²) in [5.41, 5.74) is 1.81. The van der Waals surface area contributed by atoms with Crippen molar-refractivity contribution in [1.29, 1.82) is 0 Å². The van der Waals surface area contributed by atoms with Gasteiger partial charge in [0.1, 0.15) is 12.0 Å². The number of carbonyl (C=O) groups is 2. The van der Waals surface area contributed by atoms with Crippen molar-refractivity contribution in [1.82, 2.24) is 14.9 Å². The number of rotatable bonds is 3. The molecule has 0 radical (unpaired) electrons. The lowest BCUT2D eigenvalue weighted by Crippen LogP contribution is -2.30. The molecule has 0 aliphatic carbocycles. The number of nitrogens with zero attached hydrogens (tertiary/aromatic N) is 3. The first-order valence-corrected chi connectivity index (χ1v) is 7.94. The Morgan fingerprint density at radius 1 is 1.26 bits per heavy atom. The van der Waals surface area contributed by atoms with E-state index in [1.807, 2.05) is 24.3 Å². The van der Waals surface area contributed by atoms with E-state index in [0.29, 0.717) is 18.7 Å². The molecule has 1 aromatic heterocycles. The first-order valence-electron chi connectivity index (χ1n) is 7.14. The first kappa shape index (κ1) is 15.6. The van der Waals surface area contributed by atoms with Crippen LogP contribution in [0.25, 0.3) is 11.3 Å². The van der Waals surface area contributed by atoms with Gasteiger partial charge in [-0.2, -0.15) is 0 Å². The van der Waals surface area contributed by atoms with Gasteiger partial charge in [0.05, 0.1) is 11.6 Å². The van der Waals surface area contributed by atoms with E-state index in [1.54, 1.807) is 6.07 Å². The van der Waals surface area contributed by atoms with Gasteiger partial charge in [0, 0.05) is 23.1 Å². The van der Waals surface area contributed by atoms with Gasteiger partial charge in [-0.05, 0) is 24.6 Å². The molecule has 1 N–H and O–H groups in total. The highest BCUT2D eigenvalue weighted by Crippen LogP contribution is 2.23. The second kappa shape index (κ2) is 6.45. The SMILES string of the molecule is O=C(O)C1CCN(C(=O)c2cc(-c3cccc(Br)c3)ncn2)C1. The molecule has 1 fully saturated rings. The van der Waals surface area contributed by atoms with Crippen molar-refractivity contribution in [3.05, 3.63) is 46.8 Å². The summed E-state index contributed by atoms with van der Waals surface area (Å²) >= 11 is 3.41. The normalized spacial score (nSPS) is 17.3. The molecule has 2 aromatic rings. The van der Waals surface area contributed by atoms with E-state index in [4.69, 9.17) is 5.11 Å². The number of hydrogen-bond donors (Lipinski definition) is 1. The molecule has 1 aliphatic heterocycles. The monoisotopic (exact) mass is 375 g/mol. The van der Waals surface area contributed by atoms with Gasteiger partial charge in [-0.25, -0.2) is 9.97 Å². The fourth-order valence-electron chi connectivity index (χ4n) is 2.59. The number of aliphatic carboxylic acids is 1. The predicted octanol–water partition coefficient (Wildman–Crippen LogP) is 2.45. The molecule has 1 saturated heterocycles. The van der Waals surface area contributed by atoms with Gasteiger partial charge < -0.3 is 10.0 Å². The van der Waals surface area contributed by atoms with Gasteiger partial charge in [0.15, 0.2) is 0 Å². The molecule has 6 nitrogen and oxygen atoms in total. The number of halogens is 1. The molecule has 1 amide bonds. The Bertz CT molecular complexity index is 766. The average molecular weight is 376 g/mol. The Balaban J connectivity index is 1.83. The molecule has 3 rings (SSSR count). The minimum atomic E-state index is -0.863. The molecule has 0 saturated carbocycles. The molecule has 1 unspecified atom stereocenters. The number of carbonyl (C=O) groups excluding carboxylic acids is 1. The fraction of sp³-hybridized carbons (Fsp3) is 0.250. The fourth-order valence-corrected chi connectivity index (χ4v) is 2.99. The van der Waals surface area contributed by atoms with Crippen LogP contribution in [0, 0.1) is 5.92 Å². The average Bonchev–Trinajstić information content (AvgIpc) is 3.04. The van der Waals surface area contributed by atoms with Crippen LogP contribution in [0.3, 0.4) is 0 Å². The molecule has 2 heterocycles. The van der Waals surface area contributed by atoms with Crippen molar-refractivity contribution in [2.75, 3.05) is 13.1 Å². The van der Waals surface area contributed by atoms with Crippen LogP contribution in [0.15, 0.2) is 41.1 Å². The van der Waals surface area contributed by atoms with Crippen LogP contribution in [0.5, 0.6) is 0 Å². The van der Waals surface area contributed by atoms with Crippen molar-refractivity contribution >= 4 is 27.8 Å². The highest BCUT2D eigenvalue weighted by molar-refractivity contribution is 9.10. The van der Waals surface area contributed by atoms with Crippen LogP contribution in [-0.2, 0) is 4.79 Å². The number of aromatic nitrogens is 2. The molecular weight excluding hydrogens is 362 g/mol. The summed E-state index contributed by atoms with van der Waals surface area (Å²) in [6, 6.07) is 9.25.